The van der Waals surface area contributed by atoms with Crippen LogP contribution in [0, 0.1) is 0 Å². The highest BCUT2D eigenvalue weighted by Gasteiger charge is 2.37. The van der Waals surface area contributed by atoms with Crippen molar-refractivity contribution in [3.05, 3.63) is 0 Å². The van der Waals surface area contributed by atoms with Gasteiger partial charge in [0.1, 0.15) is 0 Å². The number of rotatable bonds is 9. The summed E-state index contributed by atoms with van der Waals surface area (Å²) in [6, 6.07) is 0. The van der Waals surface area contributed by atoms with Crippen LogP contribution in [-0.2, 0) is 0 Å². The van der Waals surface area contributed by atoms with E-state index < -0.39 is 5.40 Å². The second-order valence-electron chi connectivity index (χ2n) is 3.81. The van der Waals surface area contributed by atoms with Crippen molar-refractivity contribution in [3.8, 4) is 0 Å². The molecule has 0 N–H and O–H groups in total. The van der Waals surface area contributed by atoms with Crippen molar-refractivity contribution >= 4 is 50.6 Å². The maximum absolute atomic E-state index is 4.83. The third kappa shape index (κ3) is 5.22. The largest absolute Gasteiger partial charge is 0.196 e. The molecule has 0 aliphatic rings. The molecule has 0 atom stereocenters. The monoisotopic (exact) mass is 320 g/mol. The Labute approximate surface area is 124 Å². The van der Waals surface area contributed by atoms with Crippen molar-refractivity contribution in [2.24, 2.45) is 9.98 Å². The molecule has 0 aromatic carbocycles. The molecule has 0 spiro atoms. The molecule has 0 saturated carbocycles. The van der Waals surface area contributed by atoms with Crippen molar-refractivity contribution < 1.29 is 0 Å². The maximum Gasteiger partial charge on any atom is 0.191 e. The van der Waals surface area contributed by atoms with Gasteiger partial charge in [-0.15, -0.1) is 7.92 Å². The van der Waals surface area contributed by atoms with Gasteiger partial charge < -0.3 is 0 Å². The lowest BCUT2D eigenvalue weighted by molar-refractivity contribution is 0.721. The zero-order valence-corrected chi connectivity index (χ0v) is 15.1. The van der Waals surface area contributed by atoms with Crippen LogP contribution in [0.4, 0.5) is 0 Å². The molecular weight excluding hydrogens is 298 g/mol. The van der Waals surface area contributed by atoms with E-state index in [4.69, 9.17) is 24.4 Å². The second kappa shape index (κ2) is 10.3. The molecule has 0 unspecified atom stereocenters. The summed E-state index contributed by atoms with van der Waals surface area (Å²) < 4.78 is 0. The van der Waals surface area contributed by atoms with Gasteiger partial charge in [0.05, 0.1) is 10.3 Å². The number of hydrogen-bond acceptors (Lipinski definition) is 4. The molecule has 0 aromatic rings. The molecule has 0 saturated heterocycles. The minimum absolute atomic E-state index is 0.0550. The second-order valence-corrected chi connectivity index (χ2v) is 10.2. The zero-order chi connectivity index (χ0) is 14.0. The first-order valence-electron chi connectivity index (χ1n) is 6.29. The third-order valence-electron chi connectivity index (χ3n) is 3.05. The van der Waals surface area contributed by atoms with Crippen molar-refractivity contribution in [1.29, 1.82) is 0 Å². The van der Waals surface area contributed by atoms with Crippen molar-refractivity contribution in [1.82, 2.24) is 0 Å². The van der Waals surface area contributed by atoms with Gasteiger partial charge in [-0.3, -0.25) is 0 Å². The lowest BCUT2D eigenvalue weighted by Crippen LogP contribution is -2.28. The van der Waals surface area contributed by atoms with E-state index in [2.05, 4.69) is 48.0 Å². The molecule has 18 heavy (non-hydrogen) atoms. The van der Waals surface area contributed by atoms with Crippen LogP contribution < -0.4 is 0 Å². The van der Waals surface area contributed by atoms with Gasteiger partial charge in [-0.1, -0.05) is 35.6 Å². The smallest absolute Gasteiger partial charge is 0.191 e. The Balaban J connectivity index is 5.45. The van der Waals surface area contributed by atoms with Crippen LogP contribution in [0.25, 0.3) is 0 Å². The van der Waals surface area contributed by atoms with Crippen LogP contribution in [0.5, 0.6) is 0 Å². The Morgan fingerprint density at radius 3 is 1.61 bits per heavy atom. The van der Waals surface area contributed by atoms with Gasteiger partial charge >= 0.3 is 0 Å². The highest BCUT2D eigenvalue weighted by atomic mass is 32.1. The normalized spacial score (nSPS) is 13.9. The highest BCUT2D eigenvalue weighted by Crippen LogP contribution is 2.56. The number of thiocarbonyl (C=S) groups is 2. The molecule has 0 heterocycles. The molecule has 2 nitrogen and oxygen atoms in total. The van der Waals surface area contributed by atoms with Gasteiger partial charge in [-0.05, 0) is 49.1 Å². The summed E-state index contributed by atoms with van der Waals surface area (Å²) >= 11 is 9.67. The fourth-order valence-electron chi connectivity index (χ4n) is 1.96. The van der Waals surface area contributed by atoms with E-state index in [0.717, 1.165) is 18.5 Å². The number of hydrogen-bond donors (Lipinski definition) is 0. The zero-order valence-electron chi connectivity index (χ0n) is 11.6. The van der Waals surface area contributed by atoms with Gasteiger partial charge in [0.25, 0.3) is 0 Å². The van der Waals surface area contributed by atoms with Gasteiger partial charge in [-0.2, -0.15) is 9.98 Å². The highest BCUT2D eigenvalue weighted by molar-refractivity contribution is 7.78. The van der Waals surface area contributed by atoms with Crippen LogP contribution in [-0.4, -0.2) is 46.5 Å². The Morgan fingerprint density at radius 2 is 1.33 bits per heavy atom. The van der Waals surface area contributed by atoms with Crippen LogP contribution in [0.15, 0.2) is 9.98 Å². The van der Waals surface area contributed by atoms with Crippen LogP contribution in [0.2, 0.25) is 0 Å². The lowest BCUT2D eigenvalue weighted by atomic mass is 10.6. The molecule has 0 fully saturated rings. The molecule has 0 rings (SSSR count). The van der Waals surface area contributed by atoms with Gasteiger partial charge in [0.2, 0.25) is 0 Å². The summed E-state index contributed by atoms with van der Waals surface area (Å²) in [5.41, 5.74) is 0. The minimum atomic E-state index is -0.444. The number of isothiocyanates is 2. The van der Waals surface area contributed by atoms with Crippen molar-refractivity contribution in [3.63, 3.8) is 0 Å². The molecule has 0 aromatic heterocycles. The van der Waals surface area contributed by atoms with E-state index in [1.807, 2.05) is 0 Å². The fourth-order valence-corrected chi connectivity index (χ4v) is 7.28. The summed E-state index contributed by atoms with van der Waals surface area (Å²) in [5.74, 6) is 0. The molecule has 0 bridgehead atoms. The Bertz CT molecular complexity index is 311. The first kappa shape index (κ1) is 18.5. The van der Waals surface area contributed by atoms with Crippen LogP contribution in [0.1, 0.15) is 27.7 Å². The van der Waals surface area contributed by atoms with Gasteiger partial charge in [-0.25, -0.2) is 0 Å². The summed E-state index contributed by atoms with van der Waals surface area (Å²) in [4.78, 5) is 8.87. The SMILES string of the molecule is CCP(CC)CC(N=C=S)(N=C=S)P(CC)CC. The molecule has 0 aliphatic heterocycles. The first-order valence-corrected chi connectivity index (χ1v) is 10.7. The molecule has 0 aliphatic carbocycles. The summed E-state index contributed by atoms with van der Waals surface area (Å²) in [5, 5.41) is 4.66. The average Bonchev–Trinajstić information content (AvgIpc) is 2.38. The molecule has 0 radical (unpaired) electrons. The van der Waals surface area contributed by atoms with Gasteiger partial charge in [0.15, 0.2) is 5.40 Å². The quantitative estimate of drug-likeness (QED) is 0.343. The molecule has 0 amide bonds. The number of aliphatic imine (C=N–C) groups is 2. The van der Waals surface area contributed by atoms with E-state index in [1.165, 1.54) is 12.3 Å². The van der Waals surface area contributed by atoms with E-state index >= 15 is 0 Å². The van der Waals surface area contributed by atoms with Crippen LogP contribution in [0.3, 0.4) is 0 Å². The molecule has 102 valence electrons. The predicted molar refractivity (Wildman–Crippen MR) is 93.7 cm³/mol. The Morgan fingerprint density at radius 1 is 0.889 bits per heavy atom. The predicted octanol–water partition coefficient (Wildman–Crippen LogP) is 4.89. The number of nitrogens with zero attached hydrogens (tertiary/aromatic N) is 2. The Kier molecular flexibility index (Phi) is 10.5. The fraction of sp³-hybridized carbons (Fsp3) is 0.833. The first-order chi connectivity index (χ1) is 8.63. The molecule has 6 heteroatoms. The van der Waals surface area contributed by atoms with Crippen molar-refractivity contribution in [2.45, 2.75) is 33.1 Å². The summed E-state index contributed by atoms with van der Waals surface area (Å²) in [6.07, 6.45) is 5.55. The maximum atomic E-state index is 4.83. The summed E-state index contributed by atoms with van der Waals surface area (Å²) in [6.45, 7) is 8.87. The van der Waals surface area contributed by atoms with E-state index in [1.54, 1.807) is 0 Å². The Hall–Kier alpha value is 0.460. The summed E-state index contributed by atoms with van der Waals surface area (Å²) in [7, 11) is -0.390. The van der Waals surface area contributed by atoms with E-state index in [9.17, 15) is 0 Å². The van der Waals surface area contributed by atoms with E-state index in [-0.39, 0.29) is 15.8 Å². The minimum Gasteiger partial charge on any atom is -0.196 e. The molecular formula is C12H22N2P2S2. The third-order valence-corrected chi connectivity index (χ3v) is 9.06. The standard InChI is InChI=1S/C12H22N2P2S2/c1-5-15(6-2)9-12(13-10-17,14-11-18)16(7-3)8-4/h5-9H2,1-4H3. The topological polar surface area (TPSA) is 24.7 Å². The van der Waals surface area contributed by atoms with Gasteiger partial charge in [0, 0.05) is 6.16 Å². The lowest BCUT2D eigenvalue weighted by Gasteiger charge is -2.34. The van der Waals surface area contributed by atoms with Crippen molar-refractivity contribution in [2.75, 3.05) is 30.8 Å². The average molecular weight is 320 g/mol. The van der Waals surface area contributed by atoms with Crippen LogP contribution >= 0.6 is 40.3 Å². The van der Waals surface area contributed by atoms with E-state index in [0.29, 0.717) is 0 Å².